The number of rotatable bonds is 6. The van der Waals surface area contributed by atoms with E-state index in [9.17, 15) is 14.0 Å². The number of pyridine rings is 2. The number of nitrogens with two attached hydrogens (primary N) is 1. The molecule has 9 heteroatoms. The Bertz CT molecular complexity index is 1040. The molecular weight excluding hydrogens is 375 g/mol. The van der Waals surface area contributed by atoms with Crippen molar-refractivity contribution in [2.45, 2.75) is 6.92 Å². The topological polar surface area (TPSA) is 113 Å². The number of nitrogens with zero attached hydrogens (tertiary/aromatic N) is 3. The van der Waals surface area contributed by atoms with E-state index in [-0.39, 0.29) is 5.56 Å². The van der Waals surface area contributed by atoms with Crippen molar-refractivity contribution in [3.63, 3.8) is 0 Å². The lowest BCUT2D eigenvalue weighted by Gasteiger charge is -2.28. The SMILES string of the molecule is CCNC(=O)Nc1ccccc1N(c1cncc(F)c1)c1ccncc1C(N)=O. The van der Waals surface area contributed by atoms with Crippen molar-refractivity contribution >= 4 is 34.7 Å². The predicted molar refractivity (Wildman–Crippen MR) is 108 cm³/mol. The van der Waals surface area contributed by atoms with Crippen LogP contribution in [0.25, 0.3) is 0 Å². The first-order valence-corrected chi connectivity index (χ1v) is 8.79. The number of amides is 3. The zero-order valence-corrected chi connectivity index (χ0v) is 15.6. The second kappa shape index (κ2) is 8.79. The summed E-state index contributed by atoms with van der Waals surface area (Å²) < 4.78 is 14.0. The van der Waals surface area contributed by atoms with Crippen LogP contribution in [0.3, 0.4) is 0 Å². The Hall–Kier alpha value is -4.01. The van der Waals surface area contributed by atoms with Gasteiger partial charge in [0, 0.05) is 25.0 Å². The average Bonchev–Trinajstić information content (AvgIpc) is 2.70. The van der Waals surface area contributed by atoms with E-state index in [1.165, 1.54) is 24.7 Å². The van der Waals surface area contributed by atoms with Crippen LogP contribution in [0.2, 0.25) is 0 Å². The van der Waals surface area contributed by atoms with Crippen LogP contribution in [-0.4, -0.2) is 28.5 Å². The fraction of sp³-hybridized carbons (Fsp3) is 0.100. The number of anilines is 4. The van der Waals surface area contributed by atoms with Crippen LogP contribution in [0.4, 0.5) is 31.9 Å². The molecular formula is C20H19FN6O2. The highest BCUT2D eigenvalue weighted by Crippen LogP contribution is 2.40. The molecule has 3 amide bonds. The Morgan fingerprint density at radius 3 is 2.62 bits per heavy atom. The van der Waals surface area contributed by atoms with E-state index >= 15 is 0 Å². The molecule has 29 heavy (non-hydrogen) atoms. The minimum absolute atomic E-state index is 0.129. The average molecular weight is 394 g/mol. The smallest absolute Gasteiger partial charge is 0.319 e. The van der Waals surface area contributed by atoms with Crippen molar-refractivity contribution in [2.24, 2.45) is 5.73 Å². The molecule has 2 heterocycles. The zero-order chi connectivity index (χ0) is 20.8. The lowest BCUT2D eigenvalue weighted by molar-refractivity contribution is 0.100. The van der Waals surface area contributed by atoms with E-state index in [1.807, 2.05) is 0 Å². The van der Waals surface area contributed by atoms with Crippen molar-refractivity contribution in [3.05, 3.63) is 72.6 Å². The number of hydrogen-bond acceptors (Lipinski definition) is 5. The highest BCUT2D eigenvalue weighted by atomic mass is 19.1. The minimum Gasteiger partial charge on any atom is -0.365 e. The van der Waals surface area contributed by atoms with Crippen LogP contribution < -0.4 is 21.3 Å². The Morgan fingerprint density at radius 1 is 1.10 bits per heavy atom. The number of halogens is 1. The highest BCUT2D eigenvalue weighted by molar-refractivity contribution is 6.02. The summed E-state index contributed by atoms with van der Waals surface area (Å²) in [6.07, 6.45) is 5.33. The van der Waals surface area contributed by atoms with Crippen LogP contribution in [0.5, 0.6) is 0 Å². The van der Waals surface area contributed by atoms with Crippen molar-refractivity contribution in [3.8, 4) is 0 Å². The molecule has 0 bridgehead atoms. The maximum atomic E-state index is 14.0. The summed E-state index contributed by atoms with van der Waals surface area (Å²) in [6, 6.07) is 9.35. The van der Waals surface area contributed by atoms with Gasteiger partial charge in [0.25, 0.3) is 5.91 Å². The maximum absolute atomic E-state index is 14.0. The summed E-state index contributed by atoms with van der Waals surface area (Å²) in [5.41, 5.74) is 7.28. The molecule has 3 rings (SSSR count). The van der Waals surface area contributed by atoms with Crippen LogP contribution in [0.15, 0.2) is 61.2 Å². The van der Waals surface area contributed by atoms with E-state index in [2.05, 4.69) is 20.6 Å². The van der Waals surface area contributed by atoms with E-state index in [4.69, 9.17) is 5.73 Å². The molecule has 0 fully saturated rings. The number of primary amides is 1. The van der Waals surface area contributed by atoms with Gasteiger partial charge in [0.15, 0.2) is 0 Å². The normalized spacial score (nSPS) is 10.3. The molecule has 0 spiro atoms. The first-order chi connectivity index (χ1) is 14.0. The molecule has 0 aliphatic rings. The second-order valence-electron chi connectivity index (χ2n) is 5.96. The Kier molecular flexibility index (Phi) is 5.98. The molecule has 0 unspecified atom stereocenters. The summed E-state index contributed by atoms with van der Waals surface area (Å²) in [7, 11) is 0. The number of urea groups is 1. The lowest BCUT2D eigenvalue weighted by Crippen LogP contribution is -2.29. The highest BCUT2D eigenvalue weighted by Gasteiger charge is 2.22. The molecule has 0 radical (unpaired) electrons. The van der Waals surface area contributed by atoms with Gasteiger partial charge >= 0.3 is 6.03 Å². The third-order valence-electron chi connectivity index (χ3n) is 3.98. The predicted octanol–water partition coefficient (Wildman–Crippen LogP) is 3.33. The Labute approximate surface area is 166 Å². The molecule has 3 aromatic rings. The Balaban J connectivity index is 2.21. The summed E-state index contributed by atoms with van der Waals surface area (Å²) in [5.74, 6) is -1.26. The summed E-state index contributed by atoms with van der Waals surface area (Å²) in [4.78, 5) is 33.5. The van der Waals surface area contributed by atoms with Crippen molar-refractivity contribution < 1.29 is 14.0 Å². The van der Waals surface area contributed by atoms with Gasteiger partial charge in [-0.3, -0.25) is 14.8 Å². The lowest BCUT2D eigenvalue weighted by atomic mass is 10.1. The molecule has 0 atom stereocenters. The summed E-state index contributed by atoms with van der Waals surface area (Å²) >= 11 is 0. The third-order valence-corrected chi connectivity index (χ3v) is 3.98. The number of hydrogen-bond donors (Lipinski definition) is 3. The maximum Gasteiger partial charge on any atom is 0.319 e. The van der Waals surface area contributed by atoms with E-state index in [0.717, 1.165) is 6.20 Å². The first-order valence-electron chi connectivity index (χ1n) is 8.79. The monoisotopic (exact) mass is 394 g/mol. The molecule has 0 aliphatic heterocycles. The van der Waals surface area contributed by atoms with Gasteiger partial charge in [0.05, 0.1) is 40.7 Å². The number of para-hydroxylation sites is 2. The van der Waals surface area contributed by atoms with Gasteiger partial charge in [-0.25, -0.2) is 9.18 Å². The second-order valence-corrected chi connectivity index (χ2v) is 5.96. The van der Waals surface area contributed by atoms with Gasteiger partial charge in [-0.15, -0.1) is 0 Å². The van der Waals surface area contributed by atoms with Crippen LogP contribution in [-0.2, 0) is 0 Å². The first kappa shape index (κ1) is 19.7. The van der Waals surface area contributed by atoms with Crippen molar-refractivity contribution in [2.75, 3.05) is 16.8 Å². The summed E-state index contributed by atoms with van der Waals surface area (Å²) in [5, 5.41) is 5.41. The van der Waals surface area contributed by atoms with Gasteiger partial charge in [-0.05, 0) is 25.1 Å². The van der Waals surface area contributed by atoms with Crippen molar-refractivity contribution in [1.29, 1.82) is 0 Å². The van der Waals surface area contributed by atoms with E-state index in [0.29, 0.717) is 29.3 Å². The number of aromatic nitrogens is 2. The number of carbonyl (C=O) groups is 2. The van der Waals surface area contributed by atoms with Crippen LogP contribution in [0.1, 0.15) is 17.3 Å². The van der Waals surface area contributed by atoms with E-state index in [1.54, 1.807) is 42.2 Å². The van der Waals surface area contributed by atoms with Gasteiger partial charge < -0.3 is 21.3 Å². The van der Waals surface area contributed by atoms with E-state index < -0.39 is 17.8 Å². The largest absolute Gasteiger partial charge is 0.365 e. The fourth-order valence-corrected chi connectivity index (χ4v) is 2.80. The van der Waals surface area contributed by atoms with Gasteiger partial charge in [-0.2, -0.15) is 0 Å². The molecule has 148 valence electrons. The van der Waals surface area contributed by atoms with Gasteiger partial charge in [0.2, 0.25) is 0 Å². The van der Waals surface area contributed by atoms with Gasteiger partial charge in [-0.1, -0.05) is 12.1 Å². The standard InChI is InChI=1S/C20H19FN6O2/c1-2-25-20(29)26-16-5-3-4-6-18(16)27(14-9-13(21)10-24-11-14)17-7-8-23-12-15(17)19(22)28/h3-12H,2H2,1H3,(H2,22,28)(H2,25,26,29). The summed E-state index contributed by atoms with van der Waals surface area (Å²) in [6.45, 7) is 2.24. The Morgan fingerprint density at radius 2 is 1.90 bits per heavy atom. The van der Waals surface area contributed by atoms with Crippen LogP contribution >= 0.6 is 0 Å². The number of nitrogens with one attached hydrogen (secondary N) is 2. The quantitative estimate of drug-likeness (QED) is 0.593. The molecule has 2 aromatic heterocycles. The molecule has 0 saturated heterocycles. The van der Waals surface area contributed by atoms with Crippen LogP contribution in [0, 0.1) is 5.82 Å². The molecule has 8 nitrogen and oxygen atoms in total. The molecule has 0 aliphatic carbocycles. The van der Waals surface area contributed by atoms with Crippen molar-refractivity contribution in [1.82, 2.24) is 15.3 Å². The zero-order valence-electron chi connectivity index (χ0n) is 15.6. The fourth-order valence-electron chi connectivity index (χ4n) is 2.80. The molecule has 0 saturated carbocycles. The van der Waals surface area contributed by atoms with Gasteiger partial charge in [0.1, 0.15) is 5.82 Å². The molecule has 1 aromatic carbocycles. The minimum atomic E-state index is -0.698. The number of benzene rings is 1. The third kappa shape index (κ3) is 4.46. The molecule has 4 N–H and O–H groups in total. The number of carbonyl (C=O) groups excluding carboxylic acids is 2.